The second kappa shape index (κ2) is 5.27. The van der Waals surface area contributed by atoms with E-state index in [0.29, 0.717) is 13.0 Å². The van der Waals surface area contributed by atoms with E-state index in [9.17, 15) is 4.79 Å². The zero-order valence-electron chi connectivity index (χ0n) is 10.1. The molecule has 0 fully saturated rings. The van der Waals surface area contributed by atoms with Crippen molar-refractivity contribution in [2.75, 3.05) is 6.54 Å². The van der Waals surface area contributed by atoms with Crippen molar-refractivity contribution in [1.82, 2.24) is 20.1 Å². The molecule has 3 N–H and O–H groups in total. The number of aromatic nitrogens is 3. The minimum absolute atomic E-state index is 0.0262. The smallest absolute Gasteiger partial charge is 0.220 e. The summed E-state index contributed by atoms with van der Waals surface area (Å²) in [4.78, 5) is 11.6. The standard InChI is InChI=1S/C11H19N5O/c1-8(13-10(17)5-2-6-12)11-15-14-9-4-3-7-16(9)11/h8H,2-7,12H2,1H3,(H,13,17). The van der Waals surface area contributed by atoms with Crippen molar-refractivity contribution in [2.45, 2.75) is 45.2 Å². The van der Waals surface area contributed by atoms with E-state index in [1.807, 2.05) is 6.92 Å². The average Bonchev–Trinajstić information content (AvgIpc) is 2.87. The van der Waals surface area contributed by atoms with Crippen molar-refractivity contribution in [3.05, 3.63) is 11.6 Å². The summed E-state index contributed by atoms with van der Waals surface area (Å²) in [5, 5.41) is 11.2. The summed E-state index contributed by atoms with van der Waals surface area (Å²) >= 11 is 0. The van der Waals surface area contributed by atoms with Gasteiger partial charge in [0, 0.05) is 19.4 Å². The lowest BCUT2D eigenvalue weighted by Crippen LogP contribution is -2.28. The summed E-state index contributed by atoms with van der Waals surface area (Å²) in [7, 11) is 0. The second-order valence-corrected chi connectivity index (χ2v) is 4.41. The minimum Gasteiger partial charge on any atom is -0.346 e. The Morgan fingerprint density at radius 3 is 3.18 bits per heavy atom. The molecule has 6 heteroatoms. The monoisotopic (exact) mass is 237 g/mol. The van der Waals surface area contributed by atoms with Crippen LogP contribution < -0.4 is 11.1 Å². The first-order valence-corrected chi connectivity index (χ1v) is 6.13. The highest BCUT2D eigenvalue weighted by Gasteiger charge is 2.21. The Kier molecular flexibility index (Phi) is 3.73. The third-order valence-corrected chi connectivity index (χ3v) is 3.01. The van der Waals surface area contributed by atoms with Crippen LogP contribution in [0.25, 0.3) is 0 Å². The third-order valence-electron chi connectivity index (χ3n) is 3.01. The lowest BCUT2D eigenvalue weighted by molar-refractivity contribution is -0.121. The van der Waals surface area contributed by atoms with Crippen LogP contribution in [0.3, 0.4) is 0 Å². The fourth-order valence-electron chi connectivity index (χ4n) is 2.13. The van der Waals surface area contributed by atoms with Gasteiger partial charge >= 0.3 is 0 Å². The molecule has 94 valence electrons. The molecule has 0 radical (unpaired) electrons. The Labute approximate surface area is 101 Å². The Hall–Kier alpha value is -1.43. The van der Waals surface area contributed by atoms with E-state index in [0.717, 1.165) is 37.5 Å². The Morgan fingerprint density at radius 1 is 1.59 bits per heavy atom. The number of hydrogen-bond donors (Lipinski definition) is 2. The van der Waals surface area contributed by atoms with Gasteiger partial charge in [0.15, 0.2) is 5.82 Å². The van der Waals surface area contributed by atoms with Crippen molar-refractivity contribution in [1.29, 1.82) is 0 Å². The molecule has 2 heterocycles. The largest absolute Gasteiger partial charge is 0.346 e. The number of fused-ring (bicyclic) bond motifs is 1. The van der Waals surface area contributed by atoms with Crippen LogP contribution >= 0.6 is 0 Å². The van der Waals surface area contributed by atoms with Crippen LogP contribution in [0.15, 0.2) is 0 Å². The van der Waals surface area contributed by atoms with E-state index in [-0.39, 0.29) is 11.9 Å². The van der Waals surface area contributed by atoms with E-state index in [1.165, 1.54) is 0 Å². The van der Waals surface area contributed by atoms with Crippen molar-refractivity contribution in [3.63, 3.8) is 0 Å². The van der Waals surface area contributed by atoms with Gasteiger partial charge in [-0.15, -0.1) is 10.2 Å². The molecule has 17 heavy (non-hydrogen) atoms. The first kappa shape index (κ1) is 12.0. The number of aryl methyl sites for hydroxylation is 1. The van der Waals surface area contributed by atoms with Gasteiger partial charge in [-0.05, 0) is 26.3 Å². The van der Waals surface area contributed by atoms with E-state index in [2.05, 4.69) is 20.1 Å². The fraction of sp³-hybridized carbons (Fsp3) is 0.727. The maximum Gasteiger partial charge on any atom is 0.220 e. The molecule has 0 aromatic carbocycles. The average molecular weight is 237 g/mol. The molecule has 0 bridgehead atoms. The number of rotatable bonds is 5. The zero-order chi connectivity index (χ0) is 12.3. The zero-order valence-corrected chi connectivity index (χ0v) is 10.1. The van der Waals surface area contributed by atoms with Crippen LogP contribution in [0.5, 0.6) is 0 Å². The molecule has 1 aromatic heterocycles. The molecule has 1 atom stereocenters. The molecular weight excluding hydrogens is 218 g/mol. The first-order valence-electron chi connectivity index (χ1n) is 6.13. The van der Waals surface area contributed by atoms with Gasteiger partial charge in [0.1, 0.15) is 5.82 Å². The summed E-state index contributed by atoms with van der Waals surface area (Å²) in [6.07, 6.45) is 3.30. The molecule has 1 unspecified atom stereocenters. The summed E-state index contributed by atoms with van der Waals surface area (Å²) in [5.74, 6) is 1.92. The van der Waals surface area contributed by atoms with Crippen LogP contribution in [0, 0.1) is 0 Å². The van der Waals surface area contributed by atoms with Crippen LogP contribution in [0.1, 0.15) is 43.9 Å². The lowest BCUT2D eigenvalue weighted by atomic mass is 10.2. The van der Waals surface area contributed by atoms with Crippen LogP contribution in [0.2, 0.25) is 0 Å². The molecule has 0 saturated heterocycles. The molecule has 1 aliphatic heterocycles. The molecule has 0 spiro atoms. The number of carbonyl (C=O) groups is 1. The van der Waals surface area contributed by atoms with Crippen LogP contribution in [0.4, 0.5) is 0 Å². The molecule has 1 aromatic rings. The maximum absolute atomic E-state index is 11.6. The van der Waals surface area contributed by atoms with Crippen molar-refractivity contribution < 1.29 is 4.79 Å². The van der Waals surface area contributed by atoms with E-state index < -0.39 is 0 Å². The number of nitrogens with two attached hydrogens (primary N) is 1. The van der Waals surface area contributed by atoms with Crippen LogP contribution in [-0.2, 0) is 17.8 Å². The number of hydrogen-bond acceptors (Lipinski definition) is 4. The normalized spacial score (nSPS) is 15.6. The Morgan fingerprint density at radius 2 is 2.41 bits per heavy atom. The van der Waals surface area contributed by atoms with Gasteiger partial charge in [0.05, 0.1) is 6.04 Å². The van der Waals surface area contributed by atoms with Gasteiger partial charge in [0.25, 0.3) is 0 Å². The van der Waals surface area contributed by atoms with Gasteiger partial charge in [-0.2, -0.15) is 0 Å². The number of carbonyl (C=O) groups excluding carboxylic acids is 1. The molecule has 1 aliphatic rings. The highest BCUT2D eigenvalue weighted by molar-refractivity contribution is 5.76. The van der Waals surface area contributed by atoms with Crippen molar-refractivity contribution in [3.8, 4) is 0 Å². The van der Waals surface area contributed by atoms with E-state index in [1.54, 1.807) is 0 Å². The van der Waals surface area contributed by atoms with Gasteiger partial charge in [-0.1, -0.05) is 0 Å². The highest BCUT2D eigenvalue weighted by Crippen LogP contribution is 2.18. The third kappa shape index (κ3) is 2.63. The topological polar surface area (TPSA) is 85.8 Å². The Balaban J connectivity index is 1.95. The first-order chi connectivity index (χ1) is 8.22. The highest BCUT2D eigenvalue weighted by atomic mass is 16.1. The van der Waals surface area contributed by atoms with E-state index >= 15 is 0 Å². The number of nitrogens with one attached hydrogen (secondary N) is 1. The summed E-state index contributed by atoms with van der Waals surface area (Å²) < 4.78 is 2.11. The quantitative estimate of drug-likeness (QED) is 0.762. The minimum atomic E-state index is -0.0837. The summed E-state index contributed by atoms with van der Waals surface area (Å²) in [6, 6.07) is -0.0837. The Bertz CT molecular complexity index is 401. The van der Waals surface area contributed by atoms with Gasteiger partial charge in [-0.3, -0.25) is 4.79 Å². The van der Waals surface area contributed by atoms with Gasteiger partial charge in [0.2, 0.25) is 5.91 Å². The molecule has 0 aliphatic carbocycles. The predicted molar refractivity (Wildman–Crippen MR) is 63.2 cm³/mol. The number of nitrogens with zero attached hydrogens (tertiary/aromatic N) is 3. The maximum atomic E-state index is 11.6. The van der Waals surface area contributed by atoms with E-state index in [4.69, 9.17) is 5.73 Å². The SMILES string of the molecule is CC(NC(=O)CCCN)c1nnc2n1CCC2. The summed E-state index contributed by atoms with van der Waals surface area (Å²) in [5.41, 5.74) is 5.37. The van der Waals surface area contributed by atoms with Gasteiger partial charge < -0.3 is 15.6 Å². The van der Waals surface area contributed by atoms with Crippen LogP contribution in [-0.4, -0.2) is 27.2 Å². The van der Waals surface area contributed by atoms with Gasteiger partial charge in [-0.25, -0.2) is 0 Å². The number of amides is 1. The lowest BCUT2D eigenvalue weighted by Gasteiger charge is -2.13. The molecule has 1 amide bonds. The predicted octanol–water partition coefficient (Wildman–Crippen LogP) is 0.140. The van der Waals surface area contributed by atoms with Crippen molar-refractivity contribution >= 4 is 5.91 Å². The molecular formula is C11H19N5O. The molecule has 6 nitrogen and oxygen atoms in total. The summed E-state index contributed by atoms with van der Waals surface area (Å²) in [6.45, 7) is 3.44. The molecule has 2 rings (SSSR count). The molecule has 0 saturated carbocycles. The van der Waals surface area contributed by atoms with Crippen molar-refractivity contribution in [2.24, 2.45) is 5.73 Å². The second-order valence-electron chi connectivity index (χ2n) is 4.41. The fourth-order valence-corrected chi connectivity index (χ4v) is 2.13.